The van der Waals surface area contributed by atoms with E-state index in [-0.39, 0.29) is 23.9 Å². The Bertz CT molecular complexity index is 719. The van der Waals surface area contributed by atoms with Crippen molar-refractivity contribution in [3.05, 3.63) is 41.1 Å². The van der Waals surface area contributed by atoms with E-state index in [2.05, 4.69) is 20.9 Å². The van der Waals surface area contributed by atoms with Crippen LogP contribution in [0.3, 0.4) is 0 Å². The van der Waals surface area contributed by atoms with E-state index in [0.717, 1.165) is 6.07 Å². The average Bonchev–Trinajstić information content (AvgIpc) is 2.56. The Balaban J connectivity index is 2.92. The Labute approximate surface area is 150 Å². The topological polar surface area (TPSA) is 120 Å². The van der Waals surface area contributed by atoms with Gasteiger partial charge in [0.15, 0.2) is 0 Å². The second-order valence-electron chi connectivity index (χ2n) is 5.88. The number of pyridine rings is 1. The number of nitrogens with one attached hydrogen (secondary N) is 3. The number of aromatic nitrogens is 1. The number of amides is 2. The molecule has 8 nitrogen and oxygen atoms in total. The lowest BCUT2D eigenvalue weighted by Crippen LogP contribution is -2.47. The fraction of sp³-hybridized carbons (Fsp3) is 0.412. The van der Waals surface area contributed by atoms with E-state index in [0.29, 0.717) is 5.69 Å². The number of carbonyl (C=O) groups is 3. The van der Waals surface area contributed by atoms with Crippen LogP contribution in [0.25, 0.3) is 0 Å². The van der Waals surface area contributed by atoms with E-state index in [1.54, 1.807) is 20.9 Å². The lowest BCUT2D eigenvalue weighted by Gasteiger charge is -2.19. The molecule has 0 aromatic carbocycles. The third-order valence-corrected chi connectivity index (χ3v) is 3.43. The summed E-state index contributed by atoms with van der Waals surface area (Å²) < 4.78 is 13.6. The minimum atomic E-state index is -1.18. The van der Waals surface area contributed by atoms with Crippen molar-refractivity contribution in [1.29, 1.82) is 0 Å². The van der Waals surface area contributed by atoms with Crippen LogP contribution in [0.4, 0.5) is 4.39 Å². The van der Waals surface area contributed by atoms with Crippen molar-refractivity contribution in [2.75, 3.05) is 7.05 Å². The van der Waals surface area contributed by atoms with Crippen LogP contribution in [0.1, 0.15) is 37.0 Å². The number of rotatable bonds is 8. The third kappa shape index (κ3) is 5.92. The summed E-state index contributed by atoms with van der Waals surface area (Å²) in [5.41, 5.74) is -0.0148. The van der Waals surface area contributed by atoms with Crippen LogP contribution < -0.4 is 16.0 Å². The van der Waals surface area contributed by atoms with Crippen LogP contribution in [0.15, 0.2) is 23.9 Å². The van der Waals surface area contributed by atoms with Gasteiger partial charge in [0.1, 0.15) is 23.3 Å². The summed E-state index contributed by atoms with van der Waals surface area (Å²) >= 11 is 0. The van der Waals surface area contributed by atoms with Gasteiger partial charge in [-0.1, -0.05) is 19.9 Å². The van der Waals surface area contributed by atoms with E-state index in [1.165, 1.54) is 19.1 Å². The lowest BCUT2D eigenvalue weighted by atomic mass is 10.0. The molecule has 0 saturated heterocycles. The molecule has 1 atom stereocenters. The highest BCUT2D eigenvalue weighted by molar-refractivity contribution is 6.02. The zero-order valence-corrected chi connectivity index (χ0v) is 15.1. The number of allylic oxidation sites excluding steroid dienone is 1. The van der Waals surface area contributed by atoms with Gasteiger partial charge in [-0.05, 0) is 26.0 Å². The molecule has 0 radical (unpaired) electrons. The highest BCUT2D eigenvalue weighted by Gasteiger charge is 2.25. The van der Waals surface area contributed by atoms with Gasteiger partial charge in [0, 0.05) is 12.6 Å². The predicted molar refractivity (Wildman–Crippen MR) is 92.6 cm³/mol. The summed E-state index contributed by atoms with van der Waals surface area (Å²) in [6.45, 7) is 5.06. The molecule has 0 bridgehead atoms. The van der Waals surface area contributed by atoms with Crippen molar-refractivity contribution in [3.8, 4) is 0 Å². The summed E-state index contributed by atoms with van der Waals surface area (Å²) in [4.78, 5) is 39.7. The first-order valence-corrected chi connectivity index (χ1v) is 8.02. The summed E-state index contributed by atoms with van der Waals surface area (Å²) in [6.07, 6.45) is 1.32. The zero-order chi connectivity index (χ0) is 19.9. The molecule has 0 unspecified atom stereocenters. The summed E-state index contributed by atoms with van der Waals surface area (Å²) in [7, 11) is 1.65. The summed E-state index contributed by atoms with van der Waals surface area (Å²) in [6, 6.07) is 1.04. The van der Waals surface area contributed by atoms with E-state index < -0.39 is 29.6 Å². The molecule has 1 aromatic rings. The minimum absolute atomic E-state index is 0.150. The molecule has 0 fully saturated rings. The van der Waals surface area contributed by atoms with Gasteiger partial charge in [0.2, 0.25) is 0 Å². The second kappa shape index (κ2) is 9.62. The van der Waals surface area contributed by atoms with Crippen LogP contribution in [0.2, 0.25) is 0 Å². The zero-order valence-electron chi connectivity index (χ0n) is 15.1. The number of hydrogen-bond acceptors (Lipinski definition) is 5. The maximum Gasteiger partial charge on any atom is 0.326 e. The molecule has 1 rings (SSSR count). The number of hydrogen-bond donors (Lipinski definition) is 4. The Kier molecular flexibility index (Phi) is 7.85. The fourth-order valence-corrected chi connectivity index (χ4v) is 2.12. The van der Waals surface area contributed by atoms with E-state index in [4.69, 9.17) is 5.11 Å². The quantitative estimate of drug-likeness (QED) is 0.505. The summed E-state index contributed by atoms with van der Waals surface area (Å²) in [5.74, 6) is -3.69. The highest BCUT2D eigenvalue weighted by Crippen LogP contribution is 2.07. The average molecular weight is 366 g/mol. The normalized spacial score (nSPS) is 12.6. The number of carbonyl (C=O) groups excluding carboxylic acids is 2. The minimum Gasteiger partial charge on any atom is -0.480 e. The molecular weight excluding hydrogens is 343 g/mol. The first-order valence-electron chi connectivity index (χ1n) is 8.02. The van der Waals surface area contributed by atoms with Crippen molar-refractivity contribution >= 4 is 17.8 Å². The van der Waals surface area contributed by atoms with Crippen molar-refractivity contribution in [2.24, 2.45) is 5.92 Å². The largest absolute Gasteiger partial charge is 0.480 e. The molecule has 2 amide bonds. The molecule has 0 aliphatic carbocycles. The Morgan fingerprint density at radius 1 is 1.31 bits per heavy atom. The van der Waals surface area contributed by atoms with Crippen molar-refractivity contribution < 1.29 is 23.9 Å². The van der Waals surface area contributed by atoms with Gasteiger partial charge in [0.25, 0.3) is 11.8 Å². The van der Waals surface area contributed by atoms with Crippen LogP contribution in [-0.4, -0.2) is 41.0 Å². The van der Waals surface area contributed by atoms with Crippen molar-refractivity contribution in [1.82, 2.24) is 20.9 Å². The molecule has 26 heavy (non-hydrogen) atoms. The van der Waals surface area contributed by atoms with E-state index in [1.807, 2.05) is 0 Å². The number of aliphatic carboxylic acids is 1. The molecular formula is C17H23FN4O4. The Morgan fingerprint density at radius 2 is 1.96 bits per heavy atom. The standard InChI is InChI=1S/C17H23FN4O4/c1-5-12(15(23)22-14(9(2)3)17(25)26)21-16(24)13-7-10(18)6-11(20-13)8-19-4/h5-7,9,14,19H,8H2,1-4H3,(H,21,24)(H,22,23)(H,25,26)/b12-5-/t14-/m0/s1. The number of carboxylic acids is 1. The monoisotopic (exact) mass is 366 g/mol. The van der Waals surface area contributed by atoms with Crippen LogP contribution in [0, 0.1) is 11.7 Å². The Morgan fingerprint density at radius 3 is 2.46 bits per heavy atom. The van der Waals surface area contributed by atoms with Crippen LogP contribution in [-0.2, 0) is 16.1 Å². The Hall–Kier alpha value is -2.81. The summed E-state index contributed by atoms with van der Waals surface area (Å²) in [5, 5.41) is 16.6. The second-order valence-corrected chi connectivity index (χ2v) is 5.88. The van der Waals surface area contributed by atoms with Gasteiger partial charge < -0.3 is 21.1 Å². The molecule has 0 aliphatic heterocycles. The van der Waals surface area contributed by atoms with Crippen LogP contribution >= 0.6 is 0 Å². The van der Waals surface area contributed by atoms with Gasteiger partial charge in [-0.15, -0.1) is 0 Å². The van der Waals surface area contributed by atoms with Gasteiger partial charge >= 0.3 is 5.97 Å². The molecule has 1 aromatic heterocycles. The maximum absolute atomic E-state index is 13.6. The molecule has 0 saturated carbocycles. The SMILES string of the molecule is C/C=C(\NC(=O)c1cc(F)cc(CNC)n1)C(=O)N[C@H](C(=O)O)C(C)C. The first kappa shape index (κ1) is 21.2. The van der Waals surface area contributed by atoms with Crippen LogP contribution in [0.5, 0.6) is 0 Å². The van der Waals surface area contributed by atoms with Gasteiger partial charge in [-0.3, -0.25) is 9.59 Å². The van der Waals surface area contributed by atoms with Gasteiger partial charge in [0.05, 0.1) is 5.69 Å². The van der Waals surface area contributed by atoms with Gasteiger partial charge in [-0.2, -0.15) is 0 Å². The molecule has 0 aliphatic rings. The number of nitrogens with zero attached hydrogens (tertiary/aromatic N) is 1. The molecule has 0 spiro atoms. The molecule has 142 valence electrons. The van der Waals surface area contributed by atoms with Gasteiger partial charge in [-0.25, -0.2) is 14.2 Å². The molecule has 1 heterocycles. The highest BCUT2D eigenvalue weighted by atomic mass is 19.1. The lowest BCUT2D eigenvalue weighted by molar-refractivity contribution is -0.142. The third-order valence-electron chi connectivity index (χ3n) is 3.43. The van der Waals surface area contributed by atoms with Crippen molar-refractivity contribution in [2.45, 2.75) is 33.4 Å². The number of carboxylic acid groups (broad SMARTS) is 1. The molecule has 4 N–H and O–H groups in total. The van der Waals surface area contributed by atoms with E-state index in [9.17, 15) is 18.8 Å². The smallest absolute Gasteiger partial charge is 0.326 e. The first-order chi connectivity index (χ1) is 12.2. The maximum atomic E-state index is 13.6. The van der Waals surface area contributed by atoms with E-state index >= 15 is 0 Å². The van der Waals surface area contributed by atoms with Crippen molar-refractivity contribution in [3.63, 3.8) is 0 Å². The fourth-order valence-electron chi connectivity index (χ4n) is 2.12. The molecule has 9 heteroatoms. The number of halogens is 1. The predicted octanol–water partition coefficient (Wildman–Crippen LogP) is 0.799.